The predicted octanol–water partition coefficient (Wildman–Crippen LogP) is 1.30. The first kappa shape index (κ1) is 9.19. The summed E-state index contributed by atoms with van der Waals surface area (Å²) in [4.78, 5) is 0. The Balaban J connectivity index is 3.66. The number of hydrogen-bond donors (Lipinski definition) is 1. The fourth-order valence-corrected chi connectivity index (χ4v) is 0.478. The van der Waals surface area contributed by atoms with Crippen LogP contribution in [0, 0.1) is 23.2 Å². The van der Waals surface area contributed by atoms with E-state index >= 15 is 0 Å². The molecule has 0 fully saturated rings. The van der Waals surface area contributed by atoms with E-state index < -0.39 is 0 Å². The fraction of sp³-hybridized carbons (Fsp3) is 0.625. The number of nitrogens with two attached hydrogens (primary N) is 1. The molecule has 2 unspecified atom stereocenters. The Kier molecular flexibility index (Phi) is 4.61. The average Bonchev–Trinajstić information content (AvgIpc) is 1.99. The summed E-state index contributed by atoms with van der Waals surface area (Å²) in [5.41, 5.74) is 5.37. The lowest BCUT2D eigenvalue weighted by molar-refractivity contribution is 0.731. The lowest BCUT2D eigenvalue weighted by atomic mass is 10.1. The second kappa shape index (κ2) is 5.01. The van der Waals surface area contributed by atoms with E-state index in [1.54, 1.807) is 0 Å². The highest BCUT2D eigenvalue weighted by atomic mass is 14.5. The van der Waals surface area contributed by atoms with Gasteiger partial charge in [-0.25, -0.2) is 0 Å². The molecule has 0 aromatic carbocycles. The third-order valence-electron chi connectivity index (χ3n) is 1.30. The van der Waals surface area contributed by atoms with E-state index in [1.165, 1.54) is 0 Å². The lowest BCUT2D eigenvalue weighted by Crippen LogP contribution is -2.07. The van der Waals surface area contributed by atoms with Crippen molar-refractivity contribution in [3.63, 3.8) is 0 Å². The molecule has 56 valence electrons. The quantitative estimate of drug-likeness (QED) is 0.597. The lowest BCUT2D eigenvalue weighted by Gasteiger charge is -1.99. The van der Waals surface area contributed by atoms with Crippen LogP contribution in [0.25, 0.3) is 0 Å². The molecule has 0 bridgehead atoms. The van der Waals surface area contributed by atoms with Gasteiger partial charge in [-0.15, -0.1) is 0 Å². The van der Waals surface area contributed by atoms with Crippen LogP contribution in [0.1, 0.15) is 13.8 Å². The topological polar surface area (TPSA) is 49.8 Å². The summed E-state index contributed by atoms with van der Waals surface area (Å²) in [5, 5.41) is 8.39. The van der Waals surface area contributed by atoms with Gasteiger partial charge in [0.25, 0.3) is 0 Å². The van der Waals surface area contributed by atoms with Crippen molar-refractivity contribution in [2.45, 2.75) is 13.8 Å². The van der Waals surface area contributed by atoms with Crippen LogP contribution in [-0.4, -0.2) is 6.54 Å². The number of hydrogen-bond acceptors (Lipinski definition) is 2. The monoisotopic (exact) mass is 138 g/mol. The Morgan fingerprint density at radius 3 is 2.50 bits per heavy atom. The van der Waals surface area contributed by atoms with E-state index in [4.69, 9.17) is 11.0 Å². The van der Waals surface area contributed by atoms with Crippen LogP contribution in [0.3, 0.4) is 0 Å². The Morgan fingerprint density at radius 1 is 1.50 bits per heavy atom. The summed E-state index contributed by atoms with van der Waals surface area (Å²) in [6, 6.07) is 2.12. The van der Waals surface area contributed by atoms with Gasteiger partial charge in [0.2, 0.25) is 0 Å². The molecule has 0 radical (unpaired) electrons. The Hall–Kier alpha value is -0.810. The van der Waals surface area contributed by atoms with Crippen molar-refractivity contribution in [1.82, 2.24) is 0 Å². The van der Waals surface area contributed by atoms with Crippen molar-refractivity contribution < 1.29 is 0 Å². The standard InChI is InChI=1S/C8H14N2/c1-7(5-9)3-4-8(2)6-10/h3-4,7-8H,5,9H2,1-2H3/b4-3-. The maximum atomic E-state index is 8.39. The van der Waals surface area contributed by atoms with Gasteiger partial charge >= 0.3 is 0 Å². The summed E-state index contributed by atoms with van der Waals surface area (Å²) < 4.78 is 0. The first-order valence-electron chi connectivity index (χ1n) is 3.48. The third kappa shape index (κ3) is 4.11. The summed E-state index contributed by atoms with van der Waals surface area (Å²) in [5.74, 6) is 0.393. The Labute approximate surface area is 62.3 Å². The van der Waals surface area contributed by atoms with E-state index in [1.807, 2.05) is 26.0 Å². The van der Waals surface area contributed by atoms with E-state index in [9.17, 15) is 0 Å². The largest absolute Gasteiger partial charge is 0.330 e. The molecule has 0 heterocycles. The van der Waals surface area contributed by atoms with Crippen LogP contribution in [0.5, 0.6) is 0 Å². The minimum absolute atomic E-state index is 0.00833. The first-order chi connectivity index (χ1) is 4.70. The van der Waals surface area contributed by atoms with Gasteiger partial charge in [-0.05, 0) is 19.4 Å². The maximum absolute atomic E-state index is 8.39. The molecule has 2 nitrogen and oxygen atoms in total. The van der Waals surface area contributed by atoms with Crippen LogP contribution in [0.2, 0.25) is 0 Å². The van der Waals surface area contributed by atoms with Gasteiger partial charge in [-0.1, -0.05) is 19.1 Å². The zero-order chi connectivity index (χ0) is 7.98. The summed E-state index contributed by atoms with van der Waals surface area (Å²) in [7, 11) is 0. The normalized spacial score (nSPS) is 16.6. The number of rotatable bonds is 3. The highest BCUT2D eigenvalue weighted by Gasteiger charge is 1.93. The van der Waals surface area contributed by atoms with Crippen molar-refractivity contribution in [3.05, 3.63) is 12.2 Å². The van der Waals surface area contributed by atoms with Crippen molar-refractivity contribution in [2.24, 2.45) is 17.6 Å². The number of nitrogens with zero attached hydrogens (tertiary/aromatic N) is 1. The molecule has 0 rings (SSSR count). The van der Waals surface area contributed by atoms with Crippen molar-refractivity contribution >= 4 is 0 Å². The summed E-state index contributed by atoms with van der Waals surface area (Å²) in [6.07, 6.45) is 3.87. The van der Waals surface area contributed by atoms with Crippen molar-refractivity contribution in [3.8, 4) is 6.07 Å². The molecule has 0 spiro atoms. The van der Waals surface area contributed by atoms with Gasteiger partial charge in [0.1, 0.15) is 0 Å². The first-order valence-corrected chi connectivity index (χ1v) is 3.48. The third-order valence-corrected chi connectivity index (χ3v) is 1.30. The van der Waals surface area contributed by atoms with Gasteiger partial charge < -0.3 is 5.73 Å². The van der Waals surface area contributed by atoms with Gasteiger partial charge in [0, 0.05) is 0 Å². The van der Waals surface area contributed by atoms with E-state index in [0.29, 0.717) is 12.5 Å². The number of allylic oxidation sites excluding steroid dienone is 1. The zero-order valence-electron chi connectivity index (χ0n) is 6.54. The molecular formula is C8H14N2. The molecule has 0 aromatic heterocycles. The fourth-order valence-electron chi connectivity index (χ4n) is 0.478. The van der Waals surface area contributed by atoms with Crippen LogP contribution in [0.4, 0.5) is 0 Å². The van der Waals surface area contributed by atoms with Crippen LogP contribution in [-0.2, 0) is 0 Å². The molecule has 0 aliphatic carbocycles. The molecular weight excluding hydrogens is 124 g/mol. The smallest absolute Gasteiger partial charge is 0.0694 e. The average molecular weight is 138 g/mol. The van der Waals surface area contributed by atoms with E-state index in [2.05, 4.69) is 6.07 Å². The minimum Gasteiger partial charge on any atom is -0.330 e. The van der Waals surface area contributed by atoms with Gasteiger partial charge in [0.05, 0.1) is 12.0 Å². The molecule has 2 N–H and O–H groups in total. The molecule has 0 aliphatic heterocycles. The number of nitriles is 1. The van der Waals surface area contributed by atoms with E-state index in [-0.39, 0.29) is 5.92 Å². The predicted molar refractivity (Wildman–Crippen MR) is 42.1 cm³/mol. The van der Waals surface area contributed by atoms with Gasteiger partial charge in [-0.2, -0.15) is 5.26 Å². The molecule has 2 atom stereocenters. The summed E-state index contributed by atoms with van der Waals surface area (Å²) in [6.45, 7) is 4.54. The second-order valence-corrected chi connectivity index (χ2v) is 2.52. The molecule has 10 heavy (non-hydrogen) atoms. The van der Waals surface area contributed by atoms with Crippen LogP contribution >= 0.6 is 0 Å². The SMILES string of the molecule is CC(C#N)/C=C\C(C)CN. The maximum Gasteiger partial charge on any atom is 0.0694 e. The van der Waals surface area contributed by atoms with E-state index in [0.717, 1.165) is 0 Å². The van der Waals surface area contributed by atoms with Gasteiger partial charge in [-0.3, -0.25) is 0 Å². The zero-order valence-corrected chi connectivity index (χ0v) is 6.54. The van der Waals surface area contributed by atoms with Crippen molar-refractivity contribution in [1.29, 1.82) is 5.26 Å². The minimum atomic E-state index is 0.00833. The molecule has 2 heteroatoms. The Bertz CT molecular complexity index is 144. The van der Waals surface area contributed by atoms with Crippen LogP contribution < -0.4 is 5.73 Å². The molecule has 0 amide bonds. The highest BCUT2D eigenvalue weighted by Crippen LogP contribution is 1.99. The second-order valence-electron chi connectivity index (χ2n) is 2.52. The molecule has 0 aromatic rings. The van der Waals surface area contributed by atoms with Crippen LogP contribution in [0.15, 0.2) is 12.2 Å². The highest BCUT2D eigenvalue weighted by molar-refractivity contribution is 4.99. The molecule has 0 aliphatic rings. The molecule has 0 saturated carbocycles. The Morgan fingerprint density at radius 2 is 2.10 bits per heavy atom. The van der Waals surface area contributed by atoms with Gasteiger partial charge in [0.15, 0.2) is 0 Å². The molecule has 0 saturated heterocycles. The van der Waals surface area contributed by atoms with Crippen molar-refractivity contribution in [2.75, 3.05) is 6.54 Å². The summed E-state index contributed by atoms with van der Waals surface area (Å²) >= 11 is 0.